The van der Waals surface area contributed by atoms with Gasteiger partial charge in [0.25, 0.3) is 0 Å². The summed E-state index contributed by atoms with van der Waals surface area (Å²) in [6.07, 6.45) is -4.88. The molecule has 0 bridgehead atoms. The molecule has 0 saturated heterocycles. The van der Waals surface area contributed by atoms with Gasteiger partial charge in [-0.2, -0.15) is 18.3 Å². The average molecular weight is 253 g/mol. The van der Waals surface area contributed by atoms with E-state index < -0.39 is 12.6 Å². The number of aromatic nitrogens is 3. The van der Waals surface area contributed by atoms with Crippen LogP contribution in [0.4, 0.5) is 13.2 Å². The van der Waals surface area contributed by atoms with Crippen molar-refractivity contribution >= 4 is 12.2 Å². The molecule has 0 fully saturated rings. The lowest BCUT2D eigenvalue weighted by Crippen LogP contribution is -2.11. The first kappa shape index (κ1) is 13.2. The molecule has 0 spiro atoms. The van der Waals surface area contributed by atoms with Gasteiger partial charge >= 0.3 is 6.18 Å². The number of hydrogen-bond donors (Lipinski definition) is 1. The molecule has 1 aromatic heterocycles. The van der Waals surface area contributed by atoms with Crippen LogP contribution in [0.1, 0.15) is 38.4 Å². The number of rotatable bonds is 4. The quantitative estimate of drug-likeness (QED) is 0.834. The van der Waals surface area contributed by atoms with E-state index in [0.29, 0.717) is 10.6 Å². The van der Waals surface area contributed by atoms with Crippen molar-refractivity contribution in [2.24, 2.45) is 0 Å². The zero-order valence-corrected chi connectivity index (χ0v) is 9.95. The Hall–Kier alpha value is -0.850. The van der Waals surface area contributed by atoms with Gasteiger partial charge in [-0.05, 0) is 18.6 Å². The van der Waals surface area contributed by atoms with Gasteiger partial charge in [-0.1, -0.05) is 13.8 Å². The Morgan fingerprint density at radius 1 is 1.44 bits per heavy atom. The standard InChI is InChI=1S/C9H14F3N3S/c1-6(2)7-13-14-8(16)15(7)5-3-4-9(10,11)12/h6H,3-5H2,1-2H3,(H,14,16). The summed E-state index contributed by atoms with van der Waals surface area (Å²) in [7, 11) is 0. The summed E-state index contributed by atoms with van der Waals surface area (Å²) < 4.78 is 38.0. The molecule has 1 heterocycles. The highest BCUT2D eigenvalue weighted by Gasteiger charge is 2.26. The molecule has 1 rings (SSSR count). The Labute approximate surface area is 96.7 Å². The minimum atomic E-state index is -4.11. The van der Waals surface area contributed by atoms with Crippen LogP contribution in [0.15, 0.2) is 0 Å². The predicted molar refractivity (Wildman–Crippen MR) is 56.8 cm³/mol. The first-order chi connectivity index (χ1) is 7.31. The fourth-order valence-corrected chi connectivity index (χ4v) is 1.65. The third kappa shape index (κ3) is 3.62. The molecule has 16 heavy (non-hydrogen) atoms. The summed E-state index contributed by atoms with van der Waals surface area (Å²) >= 11 is 4.96. The van der Waals surface area contributed by atoms with Crippen molar-refractivity contribution in [1.82, 2.24) is 14.8 Å². The predicted octanol–water partition coefficient (Wildman–Crippen LogP) is 3.41. The zero-order valence-electron chi connectivity index (χ0n) is 9.14. The van der Waals surface area contributed by atoms with Crippen molar-refractivity contribution in [3.8, 4) is 0 Å². The number of nitrogens with one attached hydrogen (secondary N) is 1. The lowest BCUT2D eigenvalue weighted by Gasteiger charge is -2.10. The molecule has 0 amide bonds. The largest absolute Gasteiger partial charge is 0.389 e. The van der Waals surface area contributed by atoms with E-state index in [1.165, 1.54) is 0 Å². The first-order valence-electron chi connectivity index (χ1n) is 5.03. The second-order valence-corrected chi connectivity index (χ2v) is 4.30. The van der Waals surface area contributed by atoms with E-state index in [4.69, 9.17) is 12.2 Å². The van der Waals surface area contributed by atoms with Crippen LogP contribution in [0.3, 0.4) is 0 Å². The molecule has 92 valence electrons. The number of aromatic amines is 1. The summed E-state index contributed by atoms with van der Waals surface area (Å²) in [5.74, 6) is 0.839. The van der Waals surface area contributed by atoms with Crippen LogP contribution in [-0.2, 0) is 6.54 Å². The molecule has 0 aliphatic rings. The SMILES string of the molecule is CC(C)c1n[nH]c(=S)n1CCCC(F)(F)F. The highest BCUT2D eigenvalue weighted by molar-refractivity contribution is 7.71. The second kappa shape index (κ2) is 4.99. The molecule has 0 atom stereocenters. The van der Waals surface area contributed by atoms with Gasteiger partial charge in [0.15, 0.2) is 4.77 Å². The zero-order chi connectivity index (χ0) is 12.3. The molecule has 1 aromatic rings. The highest BCUT2D eigenvalue weighted by Crippen LogP contribution is 2.22. The van der Waals surface area contributed by atoms with Crippen LogP contribution in [0.25, 0.3) is 0 Å². The van der Waals surface area contributed by atoms with Gasteiger partial charge in [0, 0.05) is 18.9 Å². The molecule has 0 aromatic carbocycles. The van der Waals surface area contributed by atoms with Crippen molar-refractivity contribution in [3.63, 3.8) is 0 Å². The van der Waals surface area contributed by atoms with Crippen molar-refractivity contribution < 1.29 is 13.2 Å². The molecule has 3 nitrogen and oxygen atoms in total. The molecule has 7 heteroatoms. The van der Waals surface area contributed by atoms with Gasteiger partial charge in [-0.15, -0.1) is 0 Å². The van der Waals surface area contributed by atoms with Crippen LogP contribution in [0.2, 0.25) is 0 Å². The fourth-order valence-electron chi connectivity index (χ4n) is 1.42. The number of H-pyrrole nitrogens is 1. The molecule has 1 N–H and O–H groups in total. The number of hydrogen-bond acceptors (Lipinski definition) is 2. The van der Waals surface area contributed by atoms with Crippen molar-refractivity contribution in [3.05, 3.63) is 10.6 Å². The van der Waals surface area contributed by atoms with Crippen LogP contribution in [0.5, 0.6) is 0 Å². The molecule has 0 aliphatic carbocycles. The molecular weight excluding hydrogens is 239 g/mol. The van der Waals surface area contributed by atoms with Crippen molar-refractivity contribution in [1.29, 1.82) is 0 Å². The monoisotopic (exact) mass is 253 g/mol. The van der Waals surface area contributed by atoms with Crippen LogP contribution >= 0.6 is 12.2 Å². The van der Waals surface area contributed by atoms with Crippen molar-refractivity contribution in [2.75, 3.05) is 0 Å². The van der Waals surface area contributed by atoms with Gasteiger partial charge in [-0.3, -0.25) is 5.10 Å². The van der Waals surface area contributed by atoms with Crippen LogP contribution < -0.4 is 0 Å². The average Bonchev–Trinajstić information content (AvgIpc) is 2.46. The van der Waals surface area contributed by atoms with E-state index in [-0.39, 0.29) is 18.9 Å². The third-order valence-electron chi connectivity index (χ3n) is 2.15. The Bertz CT molecular complexity index is 391. The summed E-state index contributed by atoms with van der Waals surface area (Å²) in [6, 6.07) is 0. The molecule has 0 saturated carbocycles. The third-order valence-corrected chi connectivity index (χ3v) is 2.46. The van der Waals surface area contributed by atoms with Crippen LogP contribution in [-0.4, -0.2) is 20.9 Å². The fraction of sp³-hybridized carbons (Fsp3) is 0.778. The first-order valence-corrected chi connectivity index (χ1v) is 5.44. The van der Waals surface area contributed by atoms with Gasteiger partial charge < -0.3 is 4.57 Å². The lowest BCUT2D eigenvalue weighted by atomic mass is 10.2. The number of nitrogens with zero attached hydrogens (tertiary/aromatic N) is 2. The number of halogens is 3. The summed E-state index contributed by atoms with van der Waals surface area (Å²) in [5.41, 5.74) is 0. The molecular formula is C9H14F3N3S. The van der Waals surface area contributed by atoms with E-state index in [1.807, 2.05) is 13.8 Å². The van der Waals surface area contributed by atoms with E-state index in [0.717, 1.165) is 0 Å². The summed E-state index contributed by atoms with van der Waals surface area (Å²) in [5, 5.41) is 6.60. The minimum Gasteiger partial charge on any atom is -0.304 e. The Morgan fingerprint density at radius 3 is 2.56 bits per heavy atom. The second-order valence-electron chi connectivity index (χ2n) is 3.91. The van der Waals surface area contributed by atoms with Gasteiger partial charge in [0.2, 0.25) is 0 Å². The van der Waals surface area contributed by atoms with Gasteiger partial charge in [0.1, 0.15) is 5.82 Å². The Kier molecular flexibility index (Phi) is 4.12. The summed E-state index contributed by atoms with van der Waals surface area (Å²) in [6.45, 7) is 4.10. The van der Waals surface area contributed by atoms with E-state index in [2.05, 4.69) is 10.2 Å². The van der Waals surface area contributed by atoms with E-state index in [9.17, 15) is 13.2 Å². The van der Waals surface area contributed by atoms with E-state index in [1.54, 1.807) is 4.57 Å². The topological polar surface area (TPSA) is 33.6 Å². The van der Waals surface area contributed by atoms with Crippen molar-refractivity contribution in [2.45, 2.75) is 45.3 Å². The Balaban J connectivity index is 2.67. The maximum atomic E-state index is 12.0. The Morgan fingerprint density at radius 2 is 2.06 bits per heavy atom. The maximum Gasteiger partial charge on any atom is 0.389 e. The molecule has 0 aliphatic heterocycles. The molecule has 0 radical (unpaired) electrons. The van der Waals surface area contributed by atoms with Gasteiger partial charge in [-0.25, -0.2) is 0 Å². The maximum absolute atomic E-state index is 12.0. The van der Waals surface area contributed by atoms with E-state index >= 15 is 0 Å². The van der Waals surface area contributed by atoms with Crippen LogP contribution in [0, 0.1) is 4.77 Å². The highest BCUT2D eigenvalue weighted by atomic mass is 32.1. The molecule has 0 unspecified atom stereocenters. The number of alkyl halides is 3. The van der Waals surface area contributed by atoms with Gasteiger partial charge in [0.05, 0.1) is 0 Å². The smallest absolute Gasteiger partial charge is 0.304 e. The lowest BCUT2D eigenvalue weighted by molar-refractivity contribution is -0.135. The minimum absolute atomic E-state index is 0.0249. The summed E-state index contributed by atoms with van der Waals surface area (Å²) in [4.78, 5) is 0. The normalized spacial score (nSPS) is 12.4.